The van der Waals surface area contributed by atoms with E-state index in [1.165, 1.54) is 31.8 Å². The summed E-state index contributed by atoms with van der Waals surface area (Å²) in [5.41, 5.74) is 10.4. The van der Waals surface area contributed by atoms with Gasteiger partial charge >= 0.3 is 12.4 Å². The fourth-order valence-electron chi connectivity index (χ4n) is 9.47. The minimum absolute atomic E-state index is 0.00208. The van der Waals surface area contributed by atoms with E-state index in [9.17, 15) is 35.9 Å². The van der Waals surface area contributed by atoms with Crippen LogP contribution in [0.5, 0.6) is 0 Å². The Balaban J connectivity index is 0.000000244. The molecule has 0 radical (unpaired) electrons. The second kappa shape index (κ2) is 29.2. The first kappa shape index (κ1) is 65.0. The largest absolute Gasteiger partial charge is 0.542 e. The zero-order valence-electron chi connectivity index (χ0n) is 45.5. The summed E-state index contributed by atoms with van der Waals surface area (Å²) in [5.74, 6) is -5.84. The number of alkyl halides is 6. The normalized spacial score (nSPS) is 13.8. The van der Waals surface area contributed by atoms with Crippen LogP contribution in [-0.4, -0.2) is 110 Å². The van der Waals surface area contributed by atoms with E-state index >= 15 is 0 Å². The quantitative estimate of drug-likeness (QED) is 0.0201. The number of nitrogens with one attached hydrogen (secondary N) is 4. The molecule has 2 saturated carbocycles. The van der Waals surface area contributed by atoms with Gasteiger partial charge in [-0.1, -0.05) is 109 Å². The Morgan fingerprint density at radius 2 is 0.659 bits per heavy atom. The van der Waals surface area contributed by atoms with Gasteiger partial charge < -0.3 is 51.7 Å². The van der Waals surface area contributed by atoms with Gasteiger partial charge in [0.25, 0.3) is 0 Å². The van der Waals surface area contributed by atoms with Crippen LogP contribution in [0.15, 0.2) is 182 Å². The first-order valence-electron chi connectivity index (χ1n) is 26.2. The van der Waals surface area contributed by atoms with Gasteiger partial charge in [-0.25, -0.2) is 0 Å². The summed E-state index contributed by atoms with van der Waals surface area (Å²) in [6.45, 7) is 2.28. The van der Waals surface area contributed by atoms with Crippen molar-refractivity contribution in [3.05, 3.63) is 182 Å². The molecule has 0 bridgehead atoms. The third kappa shape index (κ3) is 17.6. The molecule has 0 aliphatic heterocycles. The summed E-state index contributed by atoms with van der Waals surface area (Å²) in [6.07, 6.45) is -3.25. The maximum Gasteiger partial charge on any atom is 0.430 e. The molecule has 2 amide bonds. The van der Waals surface area contributed by atoms with Crippen LogP contribution in [0.3, 0.4) is 0 Å². The minimum Gasteiger partial charge on any atom is -0.542 e. The van der Waals surface area contributed by atoms with E-state index in [-0.39, 0.29) is 23.7 Å². The molecule has 0 saturated heterocycles. The molecule has 0 unspecified atom stereocenters. The first-order valence-corrected chi connectivity index (χ1v) is 30.1. The van der Waals surface area contributed by atoms with Gasteiger partial charge in [0.2, 0.25) is 11.8 Å². The van der Waals surface area contributed by atoms with Crippen molar-refractivity contribution >= 4 is 82.0 Å². The maximum atomic E-state index is 13.0. The standard InChI is InChI=1S/2C28H33N4OP.2C2HF3O2/c2*1-32(27(29)30)22-28(18-19-28)26(33)31-20-11-21-34(23-12-5-2-6-13-23,24-14-7-3-8-15-24)25-16-9-4-10-17-25;2*3-2(4,5)1(6)7/h2*2-10,12-17H,11,18-22H2,1H3,(H3-,29,30,31,33);2*(H,6,7). The van der Waals surface area contributed by atoms with E-state index in [0.29, 0.717) is 26.2 Å². The second-order valence-corrected chi connectivity index (χ2v) is 27.1. The summed E-state index contributed by atoms with van der Waals surface area (Å²) < 4.78 is 63.1. The number of nitrogens with two attached hydrogens (primary N) is 2. The molecule has 436 valence electrons. The highest BCUT2D eigenvalue weighted by Gasteiger charge is 2.52. The van der Waals surface area contributed by atoms with Crippen LogP contribution in [0.2, 0.25) is 0 Å². The molecule has 2 fully saturated rings. The number of amides is 2. The highest BCUT2D eigenvalue weighted by molar-refractivity contribution is 7.96. The number of carboxylic acid groups (broad SMARTS) is 2. The molecule has 6 aromatic carbocycles. The van der Waals surface area contributed by atoms with Crippen molar-refractivity contribution in [3.8, 4) is 0 Å². The van der Waals surface area contributed by atoms with Crippen molar-refractivity contribution in [1.29, 1.82) is 10.8 Å². The number of hydrogen-bond donors (Lipinski definition) is 6. The van der Waals surface area contributed by atoms with Crippen molar-refractivity contribution in [2.45, 2.75) is 50.9 Å². The molecular weight excluding hydrogens is 1100 g/mol. The smallest absolute Gasteiger partial charge is 0.430 e. The van der Waals surface area contributed by atoms with Crippen molar-refractivity contribution in [3.63, 3.8) is 0 Å². The molecule has 14 nitrogen and oxygen atoms in total. The average Bonchev–Trinajstić information content (AvgIpc) is 4.56. The third-order valence-electron chi connectivity index (χ3n) is 14.1. The highest BCUT2D eigenvalue weighted by atomic mass is 31.2. The van der Waals surface area contributed by atoms with E-state index in [0.717, 1.165) is 50.8 Å². The lowest BCUT2D eigenvalue weighted by atomic mass is 10.1. The number of aliphatic carboxylic acids is 2. The molecule has 0 spiro atoms. The molecule has 2 aliphatic rings. The molecule has 8 rings (SSSR count). The van der Waals surface area contributed by atoms with E-state index in [2.05, 4.69) is 193 Å². The Hall–Kier alpha value is -7.82. The molecule has 82 heavy (non-hydrogen) atoms. The zero-order valence-corrected chi connectivity index (χ0v) is 47.3. The number of rotatable bonds is 20. The molecule has 6 aromatic rings. The van der Waals surface area contributed by atoms with E-state index in [1.807, 2.05) is 0 Å². The lowest BCUT2D eigenvalue weighted by Gasteiger charge is -2.28. The van der Waals surface area contributed by atoms with E-state index < -0.39 is 49.6 Å². The number of carbonyl (C=O) groups is 4. The van der Waals surface area contributed by atoms with Gasteiger partial charge in [-0.15, -0.1) is 0 Å². The average molecular weight is 1170 g/mol. The lowest BCUT2D eigenvalue weighted by molar-refractivity contribution is -0.344. The number of nitrogens with zero attached hydrogens (tertiary/aromatic N) is 2. The summed E-state index contributed by atoms with van der Waals surface area (Å²) in [7, 11) is -0.212. The van der Waals surface area contributed by atoms with Gasteiger partial charge in [0.1, 0.15) is 58.3 Å². The van der Waals surface area contributed by atoms with Gasteiger partial charge in [-0.3, -0.25) is 20.4 Å². The first-order chi connectivity index (χ1) is 38.8. The summed E-state index contributed by atoms with van der Waals surface area (Å²) >= 11 is 0. The van der Waals surface area contributed by atoms with Gasteiger partial charge in [0.05, 0.1) is 23.2 Å². The Morgan fingerprint density at radius 3 is 0.817 bits per heavy atom. The number of guanidine groups is 2. The Kier molecular flexibility index (Phi) is 23.2. The maximum absolute atomic E-state index is 13.0. The molecular formula is C60H68F6N8O6P2. The number of benzene rings is 6. The molecule has 2 aliphatic carbocycles. The number of carboxylic acids is 2. The van der Waals surface area contributed by atoms with Crippen LogP contribution in [-0.2, 0) is 19.2 Å². The van der Waals surface area contributed by atoms with Crippen LogP contribution < -0.4 is 64.1 Å². The predicted octanol–water partition coefficient (Wildman–Crippen LogP) is 4.78. The van der Waals surface area contributed by atoms with Crippen LogP contribution >= 0.6 is 14.5 Å². The predicted molar refractivity (Wildman–Crippen MR) is 310 cm³/mol. The topological polar surface area (TPSA) is 245 Å². The molecule has 0 atom stereocenters. The zero-order chi connectivity index (χ0) is 60.2. The van der Waals surface area contributed by atoms with Crippen LogP contribution in [0.4, 0.5) is 26.3 Å². The Morgan fingerprint density at radius 1 is 0.463 bits per heavy atom. The molecule has 0 heterocycles. The fraction of sp³-hybridized carbons (Fsp3) is 0.300. The van der Waals surface area contributed by atoms with Crippen molar-refractivity contribution in [1.82, 2.24) is 20.4 Å². The second-order valence-electron chi connectivity index (χ2n) is 19.9. The van der Waals surface area contributed by atoms with Crippen molar-refractivity contribution in [2.24, 2.45) is 22.3 Å². The summed E-state index contributed by atoms with van der Waals surface area (Å²) in [5, 5.41) is 47.3. The highest BCUT2D eigenvalue weighted by Crippen LogP contribution is 2.57. The summed E-state index contributed by atoms with van der Waals surface area (Å²) in [6, 6.07) is 65.0. The van der Waals surface area contributed by atoms with Gasteiger partial charge in [-0.2, -0.15) is 26.3 Å². The van der Waals surface area contributed by atoms with Crippen molar-refractivity contribution < 1.29 is 55.7 Å². The van der Waals surface area contributed by atoms with Crippen LogP contribution in [0.25, 0.3) is 0 Å². The fourth-order valence-corrected chi connectivity index (χ4v) is 18.2. The number of halogens is 6. The number of carbonyl (C=O) groups excluding carboxylic acids is 4. The van der Waals surface area contributed by atoms with Gasteiger partial charge in [-0.05, 0) is 111 Å². The monoisotopic (exact) mass is 1170 g/mol. The van der Waals surface area contributed by atoms with E-state index in [4.69, 9.17) is 42.1 Å². The molecule has 22 heteroatoms. The lowest BCUT2D eigenvalue weighted by Crippen LogP contribution is -2.43. The van der Waals surface area contributed by atoms with Crippen LogP contribution in [0.1, 0.15) is 38.5 Å². The molecule has 8 N–H and O–H groups in total. The third-order valence-corrected chi connectivity index (χ3v) is 23.2. The SMILES string of the molecule is CN(CC1(C(=O)NCCC[P+](c2ccccc2)(c2ccccc2)c2ccccc2)CC1)C(=N)N.CN(CC1(C(=O)NCCC[P+](c2ccccc2)(c2ccccc2)c2ccccc2)CC1)C(=N)N.O=C([O-])C(F)(F)F.O=C([O-])C(F)(F)F. The Bertz CT molecular complexity index is 2620. The molecule has 0 aromatic heterocycles. The van der Waals surface area contributed by atoms with E-state index in [1.54, 1.807) is 23.9 Å². The van der Waals surface area contributed by atoms with Gasteiger partial charge in [0.15, 0.2) is 11.9 Å². The van der Waals surface area contributed by atoms with Crippen molar-refractivity contribution in [2.75, 3.05) is 52.6 Å². The summed E-state index contributed by atoms with van der Waals surface area (Å²) in [4.78, 5) is 46.8. The number of hydrogen-bond acceptors (Lipinski definition) is 8. The Labute approximate surface area is 475 Å². The van der Waals surface area contributed by atoms with Gasteiger partial charge in [0, 0.05) is 40.3 Å². The minimum atomic E-state index is -5.19. The van der Waals surface area contributed by atoms with Crippen LogP contribution in [0, 0.1) is 21.6 Å².